The third-order valence-electron chi connectivity index (χ3n) is 5.39. The monoisotopic (exact) mass is 513 g/mol. The topological polar surface area (TPSA) is 134 Å². The lowest BCUT2D eigenvalue weighted by Crippen LogP contribution is -2.04. The maximum Gasteiger partial charge on any atom is 0.336 e. The molecule has 0 bridgehead atoms. The quantitative estimate of drug-likeness (QED) is 0.381. The number of methoxy groups -OCH3 is 4. The molecule has 0 atom stereocenters. The zero-order valence-corrected chi connectivity index (χ0v) is 21.1. The minimum Gasteiger partial charge on any atom is -0.496 e. The van der Waals surface area contributed by atoms with Gasteiger partial charge in [-0.2, -0.15) is 0 Å². The average molecular weight is 514 g/mol. The van der Waals surface area contributed by atoms with Crippen LogP contribution in [0, 0.1) is 0 Å². The van der Waals surface area contributed by atoms with Crippen LogP contribution in [0.5, 0.6) is 23.0 Å². The number of nitrogen functional groups attached to an aromatic ring is 1. The van der Waals surface area contributed by atoms with Gasteiger partial charge in [-0.25, -0.2) is 13.2 Å². The molecule has 190 valence electrons. The summed E-state index contributed by atoms with van der Waals surface area (Å²) in [6, 6.07) is 12.4. The second-order valence-corrected chi connectivity index (χ2v) is 9.59. The summed E-state index contributed by atoms with van der Waals surface area (Å²) in [5.74, 6) is 0.158. The lowest BCUT2D eigenvalue weighted by molar-refractivity contribution is 0.0697. The van der Waals surface area contributed by atoms with Gasteiger partial charge in [0.2, 0.25) is 0 Å². The number of sulfone groups is 1. The highest BCUT2D eigenvalue weighted by Crippen LogP contribution is 2.37. The molecule has 10 heteroatoms. The molecule has 0 fully saturated rings. The van der Waals surface area contributed by atoms with Gasteiger partial charge in [-0.15, -0.1) is 0 Å². The van der Waals surface area contributed by atoms with Crippen molar-refractivity contribution in [2.45, 2.75) is 5.75 Å². The lowest BCUT2D eigenvalue weighted by atomic mass is 9.96. The van der Waals surface area contributed by atoms with Gasteiger partial charge in [-0.1, -0.05) is 6.07 Å². The van der Waals surface area contributed by atoms with E-state index in [1.165, 1.54) is 52.7 Å². The van der Waals surface area contributed by atoms with Crippen molar-refractivity contribution in [1.82, 2.24) is 0 Å². The minimum absolute atomic E-state index is 0.0149. The summed E-state index contributed by atoms with van der Waals surface area (Å²) < 4.78 is 47.3. The van der Waals surface area contributed by atoms with E-state index in [2.05, 4.69) is 0 Å². The van der Waals surface area contributed by atoms with Gasteiger partial charge in [0.05, 0.1) is 45.3 Å². The van der Waals surface area contributed by atoms with Crippen LogP contribution in [0.25, 0.3) is 17.2 Å². The van der Waals surface area contributed by atoms with E-state index in [1.807, 2.05) is 0 Å². The first-order chi connectivity index (χ1) is 17.1. The summed E-state index contributed by atoms with van der Waals surface area (Å²) >= 11 is 0. The van der Waals surface area contributed by atoms with Crippen molar-refractivity contribution in [3.05, 3.63) is 70.6 Å². The highest BCUT2D eigenvalue weighted by molar-refractivity contribution is 7.93. The third-order valence-corrected chi connectivity index (χ3v) is 6.68. The van der Waals surface area contributed by atoms with Crippen molar-refractivity contribution in [3.63, 3.8) is 0 Å². The van der Waals surface area contributed by atoms with E-state index in [9.17, 15) is 18.3 Å². The Morgan fingerprint density at radius 1 is 0.861 bits per heavy atom. The van der Waals surface area contributed by atoms with Gasteiger partial charge in [0.1, 0.15) is 23.0 Å². The van der Waals surface area contributed by atoms with Crippen LogP contribution >= 0.6 is 0 Å². The van der Waals surface area contributed by atoms with E-state index in [1.54, 1.807) is 30.3 Å². The van der Waals surface area contributed by atoms with Crippen molar-refractivity contribution in [2.24, 2.45) is 0 Å². The summed E-state index contributed by atoms with van der Waals surface area (Å²) in [6.45, 7) is 0. The zero-order chi connectivity index (χ0) is 26.5. The first-order valence-corrected chi connectivity index (χ1v) is 12.3. The van der Waals surface area contributed by atoms with Gasteiger partial charge in [-0.05, 0) is 42.0 Å². The first-order valence-electron chi connectivity index (χ1n) is 10.6. The molecular formula is C26H27NO8S. The smallest absolute Gasteiger partial charge is 0.336 e. The fraction of sp³-hybridized carbons (Fsp3) is 0.192. The number of carboxylic acids is 1. The predicted octanol–water partition coefficient (Wildman–Crippen LogP) is 4.25. The van der Waals surface area contributed by atoms with Crippen LogP contribution in [0.2, 0.25) is 0 Å². The van der Waals surface area contributed by atoms with E-state index in [-0.39, 0.29) is 11.3 Å². The molecule has 3 aromatic rings. The maximum absolute atomic E-state index is 13.0. The first kappa shape index (κ1) is 26.4. The van der Waals surface area contributed by atoms with E-state index in [0.717, 1.165) is 5.41 Å². The highest BCUT2D eigenvalue weighted by atomic mass is 32.2. The summed E-state index contributed by atoms with van der Waals surface area (Å²) in [7, 11) is 2.11. The zero-order valence-electron chi connectivity index (χ0n) is 20.3. The largest absolute Gasteiger partial charge is 0.496 e. The van der Waals surface area contributed by atoms with E-state index in [0.29, 0.717) is 50.9 Å². The molecular weight excluding hydrogens is 486 g/mol. The lowest BCUT2D eigenvalue weighted by Gasteiger charge is -2.14. The van der Waals surface area contributed by atoms with Crippen LogP contribution < -0.4 is 24.7 Å². The molecule has 9 nitrogen and oxygen atoms in total. The summed E-state index contributed by atoms with van der Waals surface area (Å²) in [6.07, 6.45) is 1.40. The van der Waals surface area contributed by atoms with Crippen LogP contribution in [-0.4, -0.2) is 47.9 Å². The molecule has 0 saturated heterocycles. The molecule has 3 rings (SSSR count). The Hall–Kier alpha value is -4.18. The Morgan fingerprint density at radius 3 is 2.06 bits per heavy atom. The number of rotatable bonds is 10. The summed E-state index contributed by atoms with van der Waals surface area (Å²) in [5, 5.41) is 10.7. The van der Waals surface area contributed by atoms with Gasteiger partial charge in [0, 0.05) is 34.4 Å². The molecule has 0 spiro atoms. The molecule has 0 aliphatic carbocycles. The Morgan fingerprint density at radius 2 is 1.50 bits per heavy atom. The molecule has 0 amide bonds. The standard InChI is InChI=1S/C26H27NO8S/c1-32-18-13-24(34-3)20(25(14-18)35-4)9-10-36(30,31)15-16-5-8-23(33-2)22(11-16)21-12-17(27)6-7-19(21)26(28)29/h5-14H,15,27H2,1-4H3,(H,28,29). The fourth-order valence-electron chi connectivity index (χ4n) is 3.68. The van der Waals surface area contributed by atoms with Crippen molar-refractivity contribution in [2.75, 3.05) is 34.2 Å². The second-order valence-electron chi connectivity index (χ2n) is 7.70. The van der Waals surface area contributed by atoms with Crippen LogP contribution in [0.4, 0.5) is 5.69 Å². The Kier molecular flexibility index (Phi) is 8.11. The van der Waals surface area contributed by atoms with Crippen LogP contribution in [0.15, 0.2) is 53.9 Å². The number of hydrogen-bond acceptors (Lipinski definition) is 8. The van der Waals surface area contributed by atoms with Crippen LogP contribution in [-0.2, 0) is 15.6 Å². The number of aromatic carboxylic acids is 1. The SMILES string of the molecule is COc1cc(OC)c(C=CS(=O)(=O)Cc2ccc(OC)c(-c3cc(N)ccc3C(=O)O)c2)c(OC)c1. The molecule has 0 aliphatic rings. The van der Waals surface area contributed by atoms with Crippen molar-refractivity contribution >= 4 is 27.6 Å². The molecule has 36 heavy (non-hydrogen) atoms. The number of hydrogen-bond donors (Lipinski definition) is 2. The molecule has 0 unspecified atom stereocenters. The van der Waals surface area contributed by atoms with Crippen molar-refractivity contribution < 1.29 is 37.3 Å². The number of anilines is 1. The summed E-state index contributed by atoms with van der Waals surface area (Å²) in [5.41, 5.74) is 7.87. The fourth-order valence-corrected chi connectivity index (χ4v) is 4.76. The third kappa shape index (κ3) is 5.89. The summed E-state index contributed by atoms with van der Waals surface area (Å²) in [4.78, 5) is 11.8. The van der Waals surface area contributed by atoms with E-state index < -0.39 is 15.8 Å². The molecule has 0 saturated carbocycles. The second kappa shape index (κ2) is 11.0. The number of nitrogens with two attached hydrogens (primary N) is 1. The van der Waals surface area contributed by atoms with E-state index in [4.69, 9.17) is 24.7 Å². The van der Waals surface area contributed by atoms with Gasteiger partial charge in [0.15, 0.2) is 9.84 Å². The normalized spacial score (nSPS) is 11.3. The molecule has 0 heterocycles. The van der Waals surface area contributed by atoms with Gasteiger partial charge in [0.25, 0.3) is 0 Å². The Balaban J connectivity index is 2.00. The van der Waals surface area contributed by atoms with Crippen LogP contribution in [0.3, 0.4) is 0 Å². The van der Waals surface area contributed by atoms with Gasteiger partial charge < -0.3 is 29.8 Å². The van der Waals surface area contributed by atoms with Crippen molar-refractivity contribution in [1.29, 1.82) is 0 Å². The van der Waals surface area contributed by atoms with Gasteiger partial charge >= 0.3 is 5.97 Å². The Bertz CT molecular complexity index is 1390. The molecule has 3 aromatic carbocycles. The minimum atomic E-state index is -3.76. The van der Waals surface area contributed by atoms with E-state index >= 15 is 0 Å². The number of carbonyl (C=O) groups is 1. The number of benzene rings is 3. The number of ether oxygens (including phenoxy) is 4. The van der Waals surface area contributed by atoms with Crippen LogP contribution in [0.1, 0.15) is 21.5 Å². The van der Waals surface area contributed by atoms with Crippen molar-refractivity contribution in [3.8, 4) is 34.1 Å². The van der Waals surface area contributed by atoms with Gasteiger partial charge in [-0.3, -0.25) is 0 Å². The molecule has 0 aliphatic heterocycles. The maximum atomic E-state index is 13.0. The molecule has 3 N–H and O–H groups in total. The predicted molar refractivity (Wildman–Crippen MR) is 138 cm³/mol. The number of carboxylic acid groups (broad SMARTS) is 1. The average Bonchev–Trinajstić information content (AvgIpc) is 2.86. The molecule has 0 aromatic heterocycles. The highest BCUT2D eigenvalue weighted by Gasteiger charge is 2.18. The Labute approximate surface area is 209 Å². The molecule has 0 radical (unpaired) electrons.